The fourth-order valence-corrected chi connectivity index (χ4v) is 3.66. The number of aryl methyl sites for hydroxylation is 2. The third-order valence-electron chi connectivity index (χ3n) is 4.01. The molecule has 0 atom stereocenters. The standard InChI is InChI=1S/C19H25N3O2S/c1-4-6-14(20)10-18(23)21-11-15-7-8-17(25-15)16-9-13(5-2)19(24)22-12(16)3/h7-9,20H,4-6,10-11H2,1-3H3,(H,21,23)(H,22,24). The molecule has 0 unspecified atom stereocenters. The van der Waals surface area contributed by atoms with Crippen molar-refractivity contribution >= 4 is 23.0 Å². The molecule has 2 aromatic rings. The van der Waals surface area contributed by atoms with Crippen LogP contribution in [0.15, 0.2) is 23.0 Å². The number of aromatic nitrogens is 1. The van der Waals surface area contributed by atoms with Crippen LogP contribution in [0.25, 0.3) is 10.4 Å². The Bertz CT molecular complexity index is 820. The summed E-state index contributed by atoms with van der Waals surface area (Å²) in [6.07, 6.45) is 2.42. The number of amides is 1. The van der Waals surface area contributed by atoms with E-state index in [-0.39, 0.29) is 17.9 Å². The fourth-order valence-electron chi connectivity index (χ4n) is 2.63. The molecule has 0 radical (unpaired) electrons. The topological polar surface area (TPSA) is 85.8 Å². The van der Waals surface area contributed by atoms with Crippen LogP contribution in [0.1, 0.15) is 49.2 Å². The number of hydrogen-bond acceptors (Lipinski definition) is 4. The highest BCUT2D eigenvalue weighted by molar-refractivity contribution is 7.15. The Labute approximate surface area is 152 Å². The molecule has 2 rings (SSSR count). The molecule has 6 heteroatoms. The predicted molar refractivity (Wildman–Crippen MR) is 104 cm³/mol. The molecule has 0 spiro atoms. The van der Waals surface area contributed by atoms with Crippen molar-refractivity contribution in [3.63, 3.8) is 0 Å². The van der Waals surface area contributed by atoms with Crippen LogP contribution in [-0.4, -0.2) is 16.6 Å². The number of carbonyl (C=O) groups is 1. The zero-order valence-corrected chi connectivity index (χ0v) is 15.8. The summed E-state index contributed by atoms with van der Waals surface area (Å²) >= 11 is 1.61. The van der Waals surface area contributed by atoms with Gasteiger partial charge >= 0.3 is 0 Å². The van der Waals surface area contributed by atoms with Crippen LogP contribution in [-0.2, 0) is 17.8 Å². The van der Waals surface area contributed by atoms with Gasteiger partial charge in [0, 0.05) is 32.3 Å². The number of thiophene rings is 1. The van der Waals surface area contributed by atoms with Crippen molar-refractivity contribution < 1.29 is 4.79 Å². The first-order chi connectivity index (χ1) is 11.9. The normalized spacial score (nSPS) is 10.7. The van der Waals surface area contributed by atoms with E-state index in [0.29, 0.717) is 25.1 Å². The summed E-state index contributed by atoms with van der Waals surface area (Å²) in [4.78, 5) is 28.8. The molecule has 25 heavy (non-hydrogen) atoms. The van der Waals surface area contributed by atoms with Gasteiger partial charge in [-0.1, -0.05) is 20.3 Å². The van der Waals surface area contributed by atoms with Gasteiger partial charge in [-0.05, 0) is 38.0 Å². The monoisotopic (exact) mass is 359 g/mol. The lowest BCUT2D eigenvalue weighted by atomic mass is 10.1. The Kier molecular flexibility index (Phi) is 6.70. The van der Waals surface area contributed by atoms with Crippen LogP contribution in [0.5, 0.6) is 0 Å². The summed E-state index contributed by atoms with van der Waals surface area (Å²) in [5.41, 5.74) is 3.11. The van der Waals surface area contributed by atoms with Gasteiger partial charge in [0.15, 0.2) is 0 Å². The summed E-state index contributed by atoms with van der Waals surface area (Å²) in [5.74, 6) is -0.109. The van der Waals surface area contributed by atoms with Crippen LogP contribution in [0, 0.1) is 12.3 Å². The van der Waals surface area contributed by atoms with Crippen LogP contribution < -0.4 is 10.9 Å². The van der Waals surface area contributed by atoms with E-state index < -0.39 is 0 Å². The highest BCUT2D eigenvalue weighted by atomic mass is 32.1. The number of carbonyl (C=O) groups excluding carboxylic acids is 1. The van der Waals surface area contributed by atoms with Gasteiger partial charge in [-0.15, -0.1) is 11.3 Å². The third-order valence-corrected chi connectivity index (χ3v) is 5.13. The zero-order chi connectivity index (χ0) is 18.4. The van der Waals surface area contributed by atoms with Crippen molar-refractivity contribution in [2.75, 3.05) is 0 Å². The molecule has 0 aromatic carbocycles. The van der Waals surface area contributed by atoms with Crippen molar-refractivity contribution in [3.05, 3.63) is 44.7 Å². The average molecular weight is 359 g/mol. The van der Waals surface area contributed by atoms with E-state index in [0.717, 1.165) is 33.0 Å². The first-order valence-electron chi connectivity index (χ1n) is 8.59. The summed E-state index contributed by atoms with van der Waals surface area (Å²) in [7, 11) is 0. The van der Waals surface area contributed by atoms with Gasteiger partial charge in [-0.3, -0.25) is 9.59 Å². The minimum atomic E-state index is -0.109. The number of aromatic amines is 1. The molecule has 0 saturated carbocycles. The van der Waals surface area contributed by atoms with Crippen molar-refractivity contribution in [2.24, 2.45) is 0 Å². The van der Waals surface area contributed by atoms with Crippen LogP contribution in [0.4, 0.5) is 0 Å². The smallest absolute Gasteiger partial charge is 0.251 e. The van der Waals surface area contributed by atoms with E-state index in [4.69, 9.17) is 5.41 Å². The van der Waals surface area contributed by atoms with E-state index in [1.165, 1.54) is 0 Å². The van der Waals surface area contributed by atoms with E-state index in [1.54, 1.807) is 11.3 Å². The van der Waals surface area contributed by atoms with Gasteiger partial charge in [0.05, 0.1) is 13.0 Å². The molecule has 0 fully saturated rings. The highest BCUT2D eigenvalue weighted by Crippen LogP contribution is 2.29. The number of nitrogens with one attached hydrogen (secondary N) is 3. The lowest BCUT2D eigenvalue weighted by molar-refractivity contribution is -0.120. The second-order valence-electron chi connectivity index (χ2n) is 6.09. The SMILES string of the molecule is CCCC(=N)CC(=O)NCc1ccc(-c2cc(CC)c(=O)[nH]c2C)s1. The van der Waals surface area contributed by atoms with E-state index >= 15 is 0 Å². The molecule has 2 aromatic heterocycles. The number of rotatable bonds is 8. The van der Waals surface area contributed by atoms with Gasteiger partial charge in [-0.2, -0.15) is 0 Å². The van der Waals surface area contributed by atoms with Gasteiger partial charge in [-0.25, -0.2) is 0 Å². The number of hydrogen-bond donors (Lipinski definition) is 3. The Hall–Kier alpha value is -2.21. The molecule has 0 aliphatic rings. The third kappa shape index (κ3) is 5.13. The molecule has 3 N–H and O–H groups in total. The highest BCUT2D eigenvalue weighted by Gasteiger charge is 2.11. The molecule has 134 valence electrons. The molecule has 0 aliphatic carbocycles. The minimum Gasteiger partial charge on any atom is -0.351 e. The van der Waals surface area contributed by atoms with Crippen LogP contribution in [0.2, 0.25) is 0 Å². The van der Waals surface area contributed by atoms with Gasteiger partial charge < -0.3 is 15.7 Å². The number of pyridine rings is 1. The predicted octanol–water partition coefficient (Wildman–Crippen LogP) is 3.80. The molecule has 0 aliphatic heterocycles. The van der Waals surface area contributed by atoms with Crippen LogP contribution in [0.3, 0.4) is 0 Å². The molecule has 2 heterocycles. The molecule has 0 bridgehead atoms. The van der Waals surface area contributed by atoms with Crippen LogP contribution >= 0.6 is 11.3 Å². The molecular weight excluding hydrogens is 334 g/mol. The van der Waals surface area contributed by atoms with Gasteiger partial charge in [0.2, 0.25) is 5.91 Å². The lowest BCUT2D eigenvalue weighted by Gasteiger charge is -2.06. The fraction of sp³-hybridized carbons (Fsp3) is 0.421. The zero-order valence-electron chi connectivity index (χ0n) is 15.0. The van der Waals surface area contributed by atoms with E-state index in [1.807, 2.05) is 39.0 Å². The summed E-state index contributed by atoms with van der Waals surface area (Å²) in [6, 6.07) is 5.97. The Morgan fingerprint density at radius 1 is 1.32 bits per heavy atom. The van der Waals surface area contributed by atoms with Crippen molar-refractivity contribution in [1.82, 2.24) is 10.3 Å². The van der Waals surface area contributed by atoms with E-state index in [9.17, 15) is 9.59 Å². The Balaban J connectivity index is 2.04. The van der Waals surface area contributed by atoms with Gasteiger partial charge in [0.25, 0.3) is 5.56 Å². The maximum absolute atomic E-state index is 11.9. The molecule has 5 nitrogen and oxygen atoms in total. The summed E-state index contributed by atoms with van der Waals surface area (Å²) in [6.45, 7) is 6.33. The molecular formula is C19H25N3O2S. The first-order valence-corrected chi connectivity index (χ1v) is 9.41. The summed E-state index contributed by atoms with van der Waals surface area (Å²) < 4.78 is 0. The van der Waals surface area contributed by atoms with E-state index in [2.05, 4.69) is 10.3 Å². The summed E-state index contributed by atoms with van der Waals surface area (Å²) in [5, 5.41) is 10.6. The lowest BCUT2D eigenvalue weighted by Crippen LogP contribution is -2.24. The van der Waals surface area contributed by atoms with Crippen molar-refractivity contribution in [2.45, 2.75) is 53.0 Å². The quantitative estimate of drug-likeness (QED) is 0.626. The first kappa shape index (κ1) is 19.1. The molecule has 0 saturated heterocycles. The molecule has 1 amide bonds. The minimum absolute atomic E-state index is 0.0256. The Morgan fingerprint density at radius 2 is 2.08 bits per heavy atom. The maximum Gasteiger partial charge on any atom is 0.251 e. The van der Waals surface area contributed by atoms with Crippen molar-refractivity contribution in [3.8, 4) is 10.4 Å². The second kappa shape index (κ2) is 8.76. The second-order valence-corrected chi connectivity index (χ2v) is 7.26. The number of H-pyrrole nitrogens is 1. The largest absolute Gasteiger partial charge is 0.351 e. The van der Waals surface area contributed by atoms with Gasteiger partial charge in [0.1, 0.15) is 0 Å². The van der Waals surface area contributed by atoms with Crippen molar-refractivity contribution in [1.29, 1.82) is 5.41 Å². The average Bonchev–Trinajstić information content (AvgIpc) is 3.02. The maximum atomic E-state index is 11.9. The Morgan fingerprint density at radius 3 is 2.76 bits per heavy atom.